The van der Waals surface area contributed by atoms with E-state index >= 15 is 0 Å². The van der Waals surface area contributed by atoms with Gasteiger partial charge in [-0.1, -0.05) is 6.07 Å². The zero-order valence-corrected chi connectivity index (χ0v) is 7.78. The predicted octanol–water partition coefficient (Wildman–Crippen LogP) is 1.44. The molecular formula is C10H12N2O. The molecule has 0 saturated heterocycles. The molecule has 2 aromatic heterocycles. The van der Waals surface area contributed by atoms with Crippen molar-refractivity contribution in [2.45, 2.75) is 20.5 Å². The highest BCUT2D eigenvalue weighted by Gasteiger charge is 2.07. The molecule has 3 heteroatoms. The van der Waals surface area contributed by atoms with Gasteiger partial charge in [-0.05, 0) is 25.5 Å². The first-order chi connectivity index (χ1) is 6.24. The van der Waals surface area contributed by atoms with Crippen LogP contribution in [0.3, 0.4) is 0 Å². The summed E-state index contributed by atoms with van der Waals surface area (Å²) in [5.74, 6) is 0.919. The smallest absolute Gasteiger partial charge is 0.110 e. The van der Waals surface area contributed by atoms with E-state index in [-0.39, 0.29) is 6.61 Å². The highest BCUT2D eigenvalue weighted by atomic mass is 16.3. The number of aliphatic hydroxyl groups is 1. The summed E-state index contributed by atoms with van der Waals surface area (Å²) < 4.78 is 2.00. The number of imidazole rings is 1. The fourth-order valence-electron chi connectivity index (χ4n) is 1.67. The molecule has 0 radical (unpaired) electrons. The third-order valence-electron chi connectivity index (χ3n) is 2.26. The van der Waals surface area contributed by atoms with Crippen molar-refractivity contribution in [3.05, 3.63) is 35.4 Å². The van der Waals surface area contributed by atoms with Gasteiger partial charge in [-0.2, -0.15) is 0 Å². The summed E-state index contributed by atoms with van der Waals surface area (Å²) in [5.41, 5.74) is 2.94. The Hall–Kier alpha value is -1.35. The van der Waals surface area contributed by atoms with Crippen LogP contribution in [0, 0.1) is 13.8 Å². The van der Waals surface area contributed by atoms with Crippen LogP contribution in [0.1, 0.15) is 17.1 Å². The molecule has 13 heavy (non-hydrogen) atoms. The molecule has 0 atom stereocenters. The van der Waals surface area contributed by atoms with Gasteiger partial charge in [0.2, 0.25) is 0 Å². The standard InChI is InChI=1S/C10H12N2O/c1-7-4-3-5-12-8(2)11-9(6-13)10(7)12/h3-5,13H,6H2,1-2H3. The molecule has 0 aliphatic heterocycles. The molecule has 0 unspecified atom stereocenters. The van der Waals surface area contributed by atoms with Gasteiger partial charge in [0.25, 0.3) is 0 Å². The van der Waals surface area contributed by atoms with Crippen molar-refractivity contribution in [1.82, 2.24) is 9.38 Å². The number of rotatable bonds is 1. The highest BCUT2D eigenvalue weighted by Crippen LogP contribution is 2.16. The fraction of sp³-hybridized carbons (Fsp3) is 0.300. The largest absolute Gasteiger partial charge is 0.390 e. The summed E-state index contributed by atoms with van der Waals surface area (Å²) >= 11 is 0. The molecule has 68 valence electrons. The van der Waals surface area contributed by atoms with Crippen molar-refractivity contribution in [3.63, 3.8) is 0 Å². The minimum atomic E-state index is 0.00218. The second-order valence-electron chi connectivity index (χ2n) is 3.17. The molecule has 0 spiro atoms. The summed E-state index contributed by atoms with van der Waals surface area (Å²) in [6.45, 7) is 3.96. The third kappa shape index (κ3) is 1.12. The quantitative estimate of drug-likeness (QED) is 0.714. The lowest BCUT2D eigenvalue weighted by Crippen LogP contribution is -1.89. The van der Waals surface area contributed by atoms with Crippen LogP contribution < -0.4 is 0 Å². The van der Waals surface area contributed by atoms with E-state index < -0.39 is 0 Å². The van der Waals surface area contributed by atoms with E-state index in [0.717, 1.165) is 22.6 Å². The molecule has 0 saturated carbocycles. The Kier molecular flexibility index (Phi) is 1.81. The summed E-state index contributed by atoms with van der Waals surface area (Å²) in [7, 11) is 0. The van der Waals surface area contributed by atoms with Crippen LogP contribution in [-0.4, -0.2) is 14.5 Å². The minimum Gasteiger partial charge on any atom is -0.390 e. The zero-order valence-electron chi connectivity index (χ0n) is 7.78. The summed E-state index contributed by atoms with van der Waals surface area (Å²) in [5, 5.41) is 9.10. The third-order valence-corrected chi connectivity index (χ3v) is 2.26. The van der Waals surface area contributed by atoms with Gasteiger partial charge in [0.15, 0.2) is 0 Å². The molecule has 2 heterocycles. The molecular weight excluding hydrogens is 164 g/mol. The first kappa shape index (κ1) is 8.26. The monoisotopic (exact) mass is 176 g/mol. The van der Waals surface area contributed by atoms with Crippen molar-refractivity contribution >= 4 is 5.52 Å². The number of aromatic nitrogens is 2. The number of aryl methyl sites for hydroxylation is 2. The Bertz CT molecular complexity index is 445. The van der Waals surface area contributed by atoms with E-state index in [4.69, 9.17) is 5.11 Å². The lowest BCUT2D eigenvalue weighted by atomic mass is 10.2. The average molecular weight is 176 g/mol. The molecule has 0 fully saturated rings. The average Bonchev–Trinajstić information content (AvgIpc) is 2.45. The van der Waals surface area contributed by atoms with Crippen molar-refractivity contribution in [2.24, 2.45) is 0 Å². The molecule has 0 amide bonds. The van der Waals surface area contributed by atoms with Crippen molar-refractivity contribution < 1.29 is 5.11 Å². The van der Waals surface area contributed by atoms with Crippen molar-refractivity contribution in [2.75, 3.05) is 0 Å². The van der Waals surface area contributed by atoms with Crippen molar-refractivity contribution in [1.29, 1.82) is 0 Å². The van der Waals surface area contributed by atoms with Gasteiger partial charge in [0.05, 0.1) is 17.8 Å². The number of nitrogens with zero attached hydrogens (tertiary/aromatic N) is 2. The van der Waals surface area contributed by atoms with Gasteiger partial charge in [0, 0.05) is 6.20 Å². The lowest BCUT2D eigenvalue weighted by molar-refractivity contribution is 0.279. The second kappa shape index (κ2) is 2.85. The SMILES string of the molecule is Cc1cccn2c(C)nc(CO)c12. The molecule has 0 aliphatic carbocycles. The van der Waals surface area contributed by atoms with Crippen LogP contribution >= 0.6 is 0 Å². The van der Waals surface area contributed by atoms with E-state index in [1.165, 1.54) is 0 Å². The van der Waals surface area contributed by atoms with Crippen molar-refractivity contribution in [3.8, 4) is 0 Å². The molecule has 2 rings (SSSR count). The van der Waals surface area contributed by atoms with Crippen LogP contribution in [0.5, 0.6) is 0 Å². The zero-order chi connectivity index (χ0) is 9.42. The van der Waals surface area contributed by atoms with Gasteiger partial charge in [-0.25, -0.2) is 4.98 Å². The topological polar surface area (TPSA) is 37.5 Å². The maximum Gasteiger partial charge on any atom is 0.110 e. The summed E-state index contributed by atoms with van der Waals surface area (Å²) in [6.07, 6.45) is 1.96. The number of hydrogen-bond donors (Lipinski definition) is 1. The number of aliphatic hydroxyl groups excluding tert-OH is 1. The molecule has 1 N–H and O–H groups in total. The summed E-state index contributed by atoms with van der Waals surface area (Å²) in [4.78, 5) is 4.28. The Balaban J connectivity index is 2.89. The number of pyridine rings is 1. The normalized spacial score (nSPS) is 11.0. The van der Waals surface area contributed by atoms with E-state index in [0.29, 0.717) is 0 Å². The van der Waals surface area contributed by atoms with Gasteiger partial charge in [-0.15, -0.1) is 0 Å². The van der Waals surface area contributed by atoms with Gasteiger partial charge >= 0.3 is 0 Å². The number of fused-ring (bicyclic) bond motifs is 1. The van der Waals surface area contributed by atoms with Gasteiger partial charge < -0.3 is 9.51 Å². The molecule has 3 nitrogen and oxygen atoms in total. The molecule has 0 aromatic carbocycles. The van der Waals surface area contributed by atoms with Crippen LogP contribution in [0.2, 0.25) is 0 Å². The molecule has 2 aromatic rings. The first-order valence-corrected chi connectivity index (χ1v) is 4.28. The van der Waals surface area contributed by atoms with E-state index in [1.807, 2.05) is 36.6 Å². The number of hydrogen-bond acceptors (Lipinski definition) is 2. The van der Waals surface area contributed by atoms with E-state index in [2.05, 4.69) is 4.98 Å². The Morgan fingerprint density at radius 2 is 2.23 bits per heavy atom. The Morgan fingerprint density at radius 1 is 1.46 bits per heavy atom. The minimum absolute atomic E-state index is 0.00218. The van der Waals surface area contributed by atoms with Crippen LogP contribution in [0.4, 0.5) is 0 Å². The predicted molar refractivity (Wildman–Crippen MR) is 50.6 cm³/mol. The van der Waals surface area contributed by atoms with Gasteiger partial charge in [0.1, 0.15) is 5.82 Å². The molecule has 0 aliphatic rings. The van der Waals surface area contributed by atoms with Crippen LogP contribution in [-0.2, 0) is 6.61 Å². The van der Waals surface area contributed by atoms with E-state index in [1.54, 1.807) is 0 Å². The van der Waals surface area contributed by atoms with E-state index in [9.17, 15) is 0 Å². The summed E-state index contributed by atoms with van der Waals surface area (Å²) in [6, 6.07) is 4.01. The Labute approximate surface area is 76.7 Å². The second-order valence-corrected chi connectivity index (χ2v) is 3.17. The maximum atomic E-state index is 9.10. The molecule has 0 bridgehead atoms. The Morgan fingerprint density at radius 3 is 2.92 bits per heavy atom. The maximum absolute atomic E-state index is 9.10. The van der Waals surface area contributed by atoms with Crippen LogP contribution in [0.25, 0.3) is 5.52 Å². The van der Waals surface area contributed by atoms with Crippen LogP contribution in [0.15, 0.2) is 18.3 Å². The lowest BCUT2D eigenvalue weighted by Gasteiger charge is -1.99. The first-order valence-electron chi connectivity index (χ1n) is 4.28. The highest BCUT2D eigenvalue weighted by molar-refractivity contribution is 5.59. The van der Waals surface area contributed by atoms with Gasteiger partial charge in [-0.3, -0.25) is 0 Å². The fourth-order valence-corrected chi connectivity index (χ4v) is 1.67.